The molecule has 0 aromatic heterocycles. The number of thioether (sulfide) groups is 1. The van der Waals surface area contributed by atoms with Crippen LogP contribution in [0.25, 0.3) is 0 Å². The summed E-state index contributed by atoms with van der Waals surface area (Å²) in [5.41, 5.74) is 0.856. The number of benzene rings is 2. The Labute approximate surface area is 159 Å². The zero-order chi connectivity index (χ0) is 19.8. The Morgan fingerprint density at radius 1 is 1.07 bits per heavy atom. The molecule has 2 aromatic carbocycles. The molecule has 0 aliphatic heterocycles. The van der Waals surface area contributed by atoms with Crippen LogP contribution in [-0.4, -0.2) is 30.3 Å². The third-order valence-electron chi connectivity index (χ3n) is 3.54. The average molecular weight is 397 g/mol. The average Bonchev–Trinajstić information content (AvgIpc) is 2.64. The summed E-state index contributed by atoms with van der Waals surface area (Å²) in [7, 11) is 0. The van der Waals surface area contributed by atoms with Crippen LogP contribution in [0.5, 0.6) is 0 Å². The molecule has 0 saturated heterocycles. The van der Waals surface area contributed by atoms with Crippen LogP contribution in [0.3, 0.4) is 0 Å². The van der Waals surface area contributed by atoms with E-state index in [9.17, 15) is 22.8 Å². The fourth-order valence-electron chi connectivity index (χ4n) is 2.13. The number of rotatable bonds is 8. The zero-order valence-corrected chi connectivity index (χ0v) is 15.3. The Kier molecular flexibility index (Phi) is 7.72. The van der Waals surface area contributed by atoms with E-state index in [1.165, 1.54) is 19.1 Å². The van der Waals surface area contributed by atoms with Crippen LogP contribution in [0.4, 0.5) is 13.2 Å². The molecule has 8 heteroatoms. The third kappa shape index (κ3) is 6.97. The van der Waals surface area contributed by atoms with Crippen molar-refractivity contribution in [2.75, 3.05) is 12.3 Å². The van der Waals surface area contributed by atoms with Crippen LogP contribution in [0.2, 0.25) is 0 Å². The highest BCUT2D eigenvalue weighted by Gasteiger charge is 2.18. The summed E-state index contributed by atoms with van der Waals surface area (Å²) in [6, 6.07) is 8.85. The molecule has 0 radical (unpaired) electrons. The lowest BCUT2D eigenvalue weighted by Gasteiger charge is -2.13. The van der Waals surface area contributed by atoms with E-state index in [0.29, 0.717) is 13.0 Å². The summed E-state index contributed by atoms with van der Waals surface area (Å²) in [6.45, 7) is 1.72. The van der Waals surface area contributed by atoms with Gasteiger partial charge >= 0.3 is 5.97 Å². The van der Waals surface area contributed by atoms with Gasteiger partial charge in [-0.1, -0.05) is 12.1 Å². The number of amides is 1. The molecule has 1 atom stereocenters. The Bertz CT molecular complexity index is 799. The van der Waals surface area contributed by atoms with Gasteiger partial charge in [0.2, 0.25) is 0 Å². The van der Waals surface area contributed by atoms with Gasteiger partial charge in [-0.15, -0.1) is 11.8 Å². The molecular weight excluding hydrogens is 379 g/mol. The molecule has 0 fully saturated rings. The minimum absolute atomic E-state index is 0.0108. The van der Waals surface area contributed by atoms with Gasteiger partial charge in [0, 0.05) is 11.4 Å². The molecule has 1 amide bonds. The number of halogens is 3. The monoisotopic (exact) mass is 397 g/mol. The highest BCUT2D eigenvalue weighted by molar-refractivity contribution is 8.00. The van der Waals surface area contributed by atoms with E-state index in [4.69, 9.17) is 4.74 Å². The van der Waals surface area contributed by atoms with Crippen LogP contribution in [0.1, 0.15) is 12.5 Å². The van der Waals surface area contributed by atoms with E-state index < -0.39 is 29.6 Å². The highest BCUT2D eigenvalue weighted by atomic mass is 32.2. The molecular formula is C19H18F3NO3S. The number of hydrogen-bond acceptors (Lipinski definition) is 4. The van der Waals surface area contributed by atoms with Gasteiger partial charge in [0.05, 0.1) is 5.75 Å². The van der Waals surface area contributed by atoms with Crippen LogP contribution in [0.15, 0.2) is 47.4 Å². The molecule has 1 N–H and O–H groups in total. The number of carbonyl (C=O) groups is 2. The van der Waals surface area contributed by atoms with Crippen LogP contribution < -0.4 is 5.32 Å². The fourth-order valence-corrected chi connectivity index (χ4v) is 2.88. The first-order chi connectivity index (χ1) is 12.8. The molecule has 0 bridgehead atoms. The van der Waals surface area contributed by atoms with Crippen LogP contribution >= 0.6 is 11.8 Å². The molecule has 0 heterocycles. The molecule has 4 nitrogen and oxygen atoms in total. The smallest absolute Gasteiger partial charge is 0.317 e. The molecule has 0 aliphatic carbocycles. The van der Waals surface area contributed by atoms with E-state index in [-0.39, 0.29) is 16.5 Å². The molecule has 2 aromatic rings. The van der Waals surface area contributed by atoms with Gasteiger partial charge in [-0.3, -0.25) is 9.59 Å². The minimum Gasteiger partial charge on any atom is -0.452 e. The Hall–Kier alpha value is -2.48. The van der Waals surface area contributed by atoms with Gasteiger partial charge in [0.1, 0.15) is 17.5 Å². The topological polar surface area (TPSA) is 55.4 Å². The fraction of sp³-hybridized carbons (Fsp3) is 0.263. The Balaban J connectivity index is 1.72. The van der Waals surface area contributed by atoms with Gasteiger partial charge in [-0.2, -0.15) is 0 Å². The van der Waals surface area contributed by atoms with Crippen molar-refractivity contribution >= 4 is 23.6 Å². The van der Waals surface area contributed by atoms with Gasteiger partial charge in [0.25, 0.3) is 5.91 Å². The number of esters is 1. The van der Waals surface area contributed by atoms with Gasteiger partial charge in [-0.05, 0) is 49.2 Å². The lowest BCUT2D eigenvalue weighted by Crippen LogP contribution is -2.37. The standard InChI is InChI=1S/C19H18F3NO3S/c1-12(19(25)23-9-8-13-2-4-14(20)5-3-13)26-18(24)11-27-17-10-15(21)6-7-16(17)22/h2-7,10,12H,8-9,11H2,1H3,(H,23,25)/t12-/m0/s1. The number of ether oxygens (including phenoxy) is 1. The summed E-state index contributed by atoms with van der Waals surface area (Å²) in [6.07, 6.45) is -0.523. The molecule has 0 spiro atoms. The van der Waals surface area contributed by atoms with E-state index in [1.54, 1.807) is 12.1 Å². The van der Waals surface area contributed by atoms with E-state index >= 15 is 0 Å². The van der Waals surface area contributed by atoms with Crippen molar-refractivity contribution in [1.29, 1.82) is 0 Å². The molecule has 2 rings (SSSR count). The molecule has 27 heavy (non-hydrogen) atoms. The lowest BCUT2D eigenvalue weighted by atomic mass is 10.1. The van der Waals surface area contributed by atoms with E-state index in [0.717, 1.165) is 35.5 Å². The molecule has 144 valence electrons. The van der Waals surface area contributed by atoms with Crippen molar-refractivity contribution in [1.82, 2.24) is 5.32 Å². The maximum atomic E-state index is 13.5. The second-order valence-corrected chi connectivity index (χ2v) is 6.68. The first-order valence-electron chi connectivity index (χ1n) is 8.14. The maximum Gasteiger partial charge on any atom is 0.317 e. The summed E-state index contributed by atoms with van der Waals surface area (Å²) in [5, 5.41) is 2.61. The van der Waals surface area contributed by atoms with Crippen molar-refractivity contribution in [3.8, 4) is 0 Å². The predicted molar refractivity (Wildman–Crippen MR) is 95.7 cm³/mol. The third-order valence-corrected chi connectivity index (χ3v) is 4.55. The Morgan fingerprint density at radius 2 is 1.74 bits per heavy atom. The largest absolute Gasteiger partial charge is 0.452 e. The van der Waals surface area contributed by atoms with Crippen LogP contribution in [0, 0.1) is 17.5 Å². The second kappa shape index (κ2) is 10.0. The van der Waals surface area contributed by atoms with Crippen molar-refractivity contribution in [3.63, 3.8) is 0 Å². The predicted octanol–water partition coefficient (Wildman–Crippen LogP) is 3.49. The first-order valence-corrected chi connectivity index (χ1v) is 9.13. The normalized spacial score (nSPS) is 11.7. The first kappa shape index (κ1) is 20.8. The van der Waals surface area contributed by atoms with Gasteiger partial charge < -0.3 is 10.1 Å². The maximum absolute atomic E-state index is 13.5. The Morgan fingerprint density at radius 3 is 2.44 bits per heavy atom. The number of carbonyl (C=O) groups excluding carboxylic acids is 2. The van der Waals surface area contributed by atoms with Crippen molar-refractivity contribution in [2.24, 2.45) is 0 Å². The van der Waals surface area contributed by atoms with Crippen molar-refractivity contribution in [3.05, 3.63) is 65.5 Å². The second-order valence-electron chi connectivity index (χ2n) is 5.66. The van der Waals surface area contributed by atoms with E-state index in [2.05, 4.69) is 5.32 Å². The molecule has 0 aliphatic rings. The van der Waals surface area contributed by atoms with Crippen molar-refractivity contribution in [2.45, 2.75) is 24.3 Å². The quantitative estimate of drug-likeness (QED) is 0.547. The lowest BCUT2D eigenvalue weighted by molar-refractivity contribution is -0.152. The molecule has 0 unspecified atom stereocenters. The minimum atomic E-state index is -1.02. The van der Waals surface area contributed by atoms with Crippen LogP contribution in [-0.2, 0) is 20.7 Å². The highest BCUT2D eigenvalue weighted by Crippen LogP contribution is 2.22. The van der Waals surface area contributed by atoms with Crippen molar-refractivity contribution < 1.29 is 27.5 Å². The SMILES string of the molecule is C[C@H](OC(=O)CSc1cc(F)ccc1F)C(=O)NCCc1ccc(F)cc1. The zero-order valence-electron chi connectivity index (χ0n) is 14.5. The summed E-state index contributed by atoms with van der Waals surface area (Å²) in [5.74, 6) is -3.04. The summed E-state index contributed by atoms with van der Waals surface area (Å²) in [4.78, 5) is 23.7. The van der Waals surface area contributed by atoms with Gasteiger partial charge in [-0.25, -0.2) is 13.2 Å². The van der Waals surface area contributed by atoms with E-state index in [1.807, 2.05) is 0 Å². The van der Waals surface area contributed by atoms with Gasteiger partial charge in [0.15, 0.2) is 6.10 Å². The summed E-state index contributed by atoms with van der Waals surface area (Å²) >= 11 is 0.787. The number of hydrogen-bond donors (Lipinski definition) is 1. The number of nitrogens with one attached hydrogen (secondary N) is 1. The summed E-state index contributed by atoms with van der Waals surface area (Å²) < 4.78 is 44.4. The molecule has 0 saturated carbocycles.